The molecule has 0 rings (SSSR count). The molecule has 0 spiro atoms. The van der Waals surface area contributed by atoms with Gasteiger partial charge in [-0.15, -0.1) is 0 Å². The van der Waals surface area contributed by atoms with E-state index in [-0.39, 0.29) is 11.9 Å². The molecule has 0 aromatic heterocycles. The zero-order valence-electron chi connectivity index (χ0n) is 13.8. The Balaban J connectivity index is 3.94. The number of hydrogen-bond acceptors (Lipinski definition) is 3. The van der Waals surface area contributed by atoms with E-state index < -0.39 is 0 Å². The Morgan fingerprint density at radius 1 is 1.00 bits per heavy atom. The highest BCUT2D eigenvalue weighted by Crippen LogP contribution is 2.16. The zero-order chi connectivity index (χ0) is 15.2. The fraction of sp³-hybridized carbons (Fsp3) is 0.941. The van der Waals surface area contributed by atoms with Crippen molar-refractivity contribution in [3.05, 3.63) is 0 Å². The van der Waals surface area contributed by atoms with Gasteiger partial charge in [-0.1, -0.05) is 65.7 Å². The molecular weight excluding hydrogens is 250 g/mol. The number of esters is 1. The quantitative estimate of drug-likeness (QED) is 0.405. The summed E-state index contributed by atoms with van der Waals surface area (Å²) in [7, 11) is 0. The van der Waals surface area contributed by atoms with E-state index >= 15 is 0 Å². The average Bonchev–Trinajstić information content (AvgIpc) is 2.47. The normalized spacial score (nSPS) is 14.0. The van der Waals surface area contributed by atoms with Crippen LogP contribution in [0.1, 0.15) is 78.6 Å². The van der Waals surface area contributed by atoms with Gasteiger partial charge in [0.25, 0.3) is 0 Å². The lowest BCUT2D eigenvalue weighted by molar-refractivity contribution is -0.150. The lowest BCUT2D eigenvalue weighted by Gasteiger charge is -2.18. The third-order valence-electron chi connectivity index (χ3n) is 4.03. The molecule has 2 unspecified atom stereocenters. The van der Waals surface area contributed by atoms with Gasteiger partial charge in [0.2, 0.25) is 0 Å². The van der Waals surface area contributed by atoms with Gasteiger partial charge in [0.1, 0.15) is 0 Å². The minimum Gasteiger partial charge on any atom is -0.465 e. The first kappa shape index (κ1) is 19.4. The Hall–Kier alpha value is -0.570. The smallest absolute Gasteiger partial charge is 0.310 e. The molecule has 0 saturated heterocycles. The second-order valence-corrected chi connectivity index (χ2v) is 5.83. The number of ether oxygens (including phenoxy) is 1. The van der Waals surface area contributed by atoms with Gasteiger partial charge in [-0.05, 0) is 18.8 Å². The van der Waals surface area contributed by atoms with Crippen LogP contribution in [0.25, 0.3) is 0 Å². The Morgan fingerprint density at radius 3 is 2.25 bits per heavy atom. The molecule has 0 radical (unpaired) electrons. The van der Waals surface area contributed by atoms with Crippen molar-refractivity contribution < 1.29 is 9.53 Å². The van der Waals surface area contributed by atoms with Crippen LogP contribution in [-0.4, -0.2) is 19.1 Å². The molecule has 0 aromatic rings. The first-order chi connectivity index (χ1) is 9.69. The maximum absolute atomic E-state index is 12.0. The van der Waals surface area contributed by atoms with Gasteiger partial charge in [-0.3, -0.25) is 4.79 Å². The summed E-state index contributed by atoms with van der Waals surface area (Å²) >= 11 is 0. The third-order valence-corrected chi connectivity index (χ3v) is 4.03. The summed E-state index contributed by atoms with van der Waals surface area (Å²) < 4.78 is 5.48. The Labute approximate surface area is 125 Å². The van der Waals surface area contributed by atoms with E-state index in [1.54, 1.807) is 0 Å². The largest absolute Gasteiger partial charge is 0.465 e. The Morgan fingerprint density at radius 2 is 1.70 bits per heavy atom. The van der Waals surface area contributed by atoms with E-state index in [9.17, 15) is 4.79 Å². The van der Waals surface area contributed by atoms with Crippen LogP contribution in [-0.2, 0) is 9.53 Å². The van der Waals surface area contributed by atoms with Gasteiger partial charge in [-0.2, -0.15) is 0 Å². The summed E-state index contributed by atoms with van der Waals surface area (Å²) in [5, 5.41) is 0. The summed E-state index contributed by atoms with van der Waals surface area (Å²) in [6.07, 6.45) is 10.3. The number of nitrogens with two attached hydrogens (primary N) is 1. The lowest BCUT2D eigenvalue weighted by atomic mass is 9.99. The molecule has 0 fully saturated rings. The number of unbranched alkanes of at least 4 members (excludes halogenated alkanes) is 4. The van der Waals surface area contributed by atoms with Gasteiger partial charge in [-0.25, -0.2) is 0 Å². The highest BCUT2D eigenvalue weighted by atomic mass is 16.5. The van der Waals surface area contributed by atoms with E-state index in [1.165, 1.54) is 32.1 Å². The maximum Gasteiger partial charge on any atom is 0.310 e. The minimum atomic E-state index is -0.101. The number of rotatable bonds is 13. The van der Waals surface area contributed by atoms with Crippen molar-refractivity contribution in [3.63, 3.8) is 0 Å². The predicted octanol–water partition coefficient (Wildman–Crippen LogP) is 4.29. The third kappa shape index (κ3) is 9.35. The van der Waals surface area contributed by atoms with Gasteiger partial charge >= 0.3 is 5.97 Å². The van der Waals surface area contributed by atoms with E-state index in [0.717, 1.165) is 25.7 Å². The molecule has 0 amide bonds. The molecule has 0 aliphatic heterocycles. The molecule has 0 heterocycles. The molecule has 3 nitrogen and oxygen atoms in total. The van der Waals surface area contributed by atoms with E-state index in [1.807, 2.05) is 0 Å². The second kappa shape index (κ2) is 13.4. The van der Waals surface area contributed by atoms with E-state index in [4.69, 9.17) is 10.5 Å². The number of carbonyl (C=O) groups excluding carboxylic acids is 1. The van der Waals surface area contributed by atoms with Crippen molar-refractivity contribution >= 4 is 5.97 Å². The van der Waals surface area contributed by atoms with Gasteiger partial charge < -0.3 is 10.5 Å². The van der Waals surface area contributed by atoms with Crippen molar-refractivity contribution in [1.29, 1.82) is 0 Å². The van der Waals surface area contributed by atoms with Crippen LogP contribution in [0.3, 0.4) is 0 Å². The molecule has 2 atom stereocenters. The minimum absolute atomic E-state index is 0.0843. The van der Waals surface area contributed by atoms with Crippen molar-refractivity contribution in [1.82, 2.24) is 0 Å². The van der Waals surface area contributed by atoms with E-state index in [0.29, 0.717) is 19.1 Å². The fourth-order valence-electron chi connectivity index (χ4n) is 2.37. The molecule has 0 aromatic carbocycles. The monoisotopic (exact) mass is 285 g/mol. The molecule has 0 saturated carbocycles. The van der Waals surface area contributed by atoms with Gasteiger partial charge in [0, 0.05) is 6.54 Å². The first-order valence-electron chi connectivity index (χ1n) is 8.56. The average molecular weight is 285 g/mol. The van der Waals surface area contributed by atoms with Crippen molar-refractivity contribution in [2.75, 3.05) is 13.2 Å². The predicted molar refractivity (Wildman–Crippen MR) is 85.6 cm³/mol. The maximum atomic E-state index is 12.0. The van der Waals surface area contributed by atoms with Gasteiger partial charge in [0.05, 0.1) is 12.5 Å². The summed E-state index contributed by atoms with van der Waals surface area (Å²) in [5.74, 6) is 0.326. The molecule has 0 bridgehead atoms. The van der Waals surface area contributed by atoms with Crippen LogP contribution in [0.5, 0.6) is 0 Å². The second-order valence-electron chi connectivity index (χ2n) is 5.83. The molecule has 2 N–H and O–H groups in total. The molecule has 120 valence electrons. The Kier molecular flexibility index (Phi) is 13.0. The summed E-state index contributed by atoms with van der Waals surface area (Å²) in [6.45, 7) is 7.53. The first-order valence-corrected chi connectivity index (χ1v) is 8.56. The molecule has 20 heavy (non-hydrogen) atoms. The standard InChI is InChI=1S/C17H35NO2/c1-4-7-9-10-12-16(13-18)17(19)20-14-15(6-3)11-8-5-2/h15-16H,4-14,18H2,1-3H3. The van der Waals surface area contributed by atoms with Crippen LogP contribution in [0.15, 0.2) is 0 Å². The van der Waals surface area contributed by atoms with Gasteiger partial charge in [0.15, 0.2) is 0 Å². The zero-order valence-corrected chi connectivity index (χ0v) is 13.8. The van der Waals surface area contributed by atoms with Crippen LogP contribution >= 0.6 is 0 Å². The van der Waals surface area contributed by atoms with E-state index in [2.05, 4.69) is 20.8 Å². The fourth-order valence-corrected chi connectivity index (χ4v) is 2.37. The lowest BCUT2D eigenvalue weighted by Crippen LogP contribution is -2.27. The topological polar surface area (TPSA) is 52.3 Å². The molecular formula is C17H35NO2. The van der Waals surface area contributed by atoms with Crippen molar-refractivity contribution in [2.45, 2.75) is 78.6 Å². The van der Waals surface area contributed by atoms with Crippen LogP contribution < -0.4 is 5.73 Å². The highest BCUT2D eigenvalue weighted by molar-refractivity contribution is 5.72. The Bertz CT molecular complexity index is 231. The van der Waals surface area contributed by atoms with Crippen LogP contribution in [0.2, 0.25) is 0 Å². The number of carbonyl (C=O) groups is 1. The van der Waals surface area contributed by atoms with Crippen LogP contribution in [0.4, 0.5) is 0 Å². The van der Waals surface area contributed by atoms with Crippen molar-refractivity contribution in [2.24, 2.45) is 17.6 Å². The molecule has 0 aliphatic rings. The summed E-state index contributed by atoms with van der Waals surface area (Å²) in [4.78, 5) is 12.0. The highest BCUT2D eigenvalue weighted by Gasteiger charge is 2.19. The SMILES string of the molecule is CCCCCCC(CN)C(=O)OCC(CC)CCCC. The molecule has 3 heteroatoms. The number of hydrogen-bond donors (Lipinski definition) is 1. The van der Waals surface area contributed by atoms with Crippen LogP contribution in [0, 0.1) is 11.8 Å². The summed E-state index contributed by atoms with van der Waals surface area (Å²) in [6, 6.07) is 0. The van der Waals surface area contributed by atoms with Crippen molar-refractivity contribution in [3.8, 4) is 0 Å². The summed E-state index contributed by atoms with van der Waals surface area (Å²) in [5.41, 5.74) is 5.71. The molecule has 0 aliphatic carbocycles.